The van der Waals surface area contributed by atoms with Gasteiger partial charge in [0.05, 0.1) is 46.6 Å². The molecule has 2 aliphatic rings. The second kappa shape index (κ2) is 21.3. The third kappa shape index (κ3) is 9.77. The Bertz CT molecular complexity index is 3500. The van der Waals surface area contributed by atoms with Gasteiger partial charge < -0.3 is 34.1 Å². The summed E-state index contributed by atoms with van der Waals surface area (Å²) >= 11 is 0. The second-order valence-electron chi connectivity index (χ2n) is 18.2. The van der Waals surface area contributed by atoms with Crippen molar-refractivity contribution in [2.75, 3.05) is 38.6 Å². The standard InChI is InChI=1S/C52H53N11O12S/c1-30(2)47(65)59-51-58-46-43(49(67)60-51)56-29-62(46)50-38(64)25-41(75-50)63(76(68,69)72-5)37-24-40(61-28-55-42-44(53-27-54-45(42)61)57-48(66)31-12-8-6-9-13-31)74-39(37)26-73-52(32-14-10-7-11-15-32,33-16-20-35(70-3)21-17-33)34-18-22-36(71-4)23-19-34/h6-23,27-30,37-41,50,64H,24-26H2,1-5H3,(H,53,54,57,66)(H2,58,59,60,65,67)/t37-,38+,39+,40+,41-,50+/m0/s1. The molecule has 0 aliphatic carbocycles. The van der Waals surface area contributed by atoms with Gasteiger partial charge in [0.1, 0.15) is 48.1 Å². The number of hydrogen-bond acceptors (Lipinski definition) is 17. The number of aliphatic hydroxyl groups excluding tert-OH is 1. The predicted molar refractivity (Wildman–Crippen MR) is 274 cm³/mol. The molecule has 2 aliphatic heterocycles. The number of aliphatic hydroxyl groups is 1. The lowest BCUT2D eigenvalue weighted by molar-refractivity contribution is -0.118. The van der Waals surface area contributed by atoms with Crippen molar-refractivity contribution in [3.63, 3.8) is 0 Å². The minimum Gasteiger partial charge on any atom is -0.497 e. The molecule has 8 aromatic rings. The minimum atomic E-state index is -4.77. The zero-order valence-electron chi connectivity index (χ0n) is 41.7. The third-order valence-corrected chi connectivity index (χ3v) is 14.8. The van der Waals surface area contributed by atoms with Crippen molar-refractivity contribution in [1.29, 1.82) is 0 Å². The topological polar surface area (TPSA) is 278 Å². The normalized spacial score (nSPS) is 19.9. The summed E-state index contributed by atoms with van der Waals surface area (Å²) < 4.78 is 70.5. The van der Waals surface area contributed by atoms with Crippen LogP contribution in [0.5, 0.6) is 11.5 Å². The number of aromatic amines is 1. The average molecular weight is 1060 g/mol. The summed E-state index contributed by atoms with van der Waals surface area (Å²) in [6, 6.07) is 31.7. The molecule has 0 bridgehead atoms. The highest BCUT2D eigenvalue weighted by atomic mass is 32.2. The van der Waals surface area contributed by atoms with Crippen molar-refractivity contribution in [3.05, 3.63) is 161 Å². The number of carbonyl (C=O) groups is 2. The van der Waals surface area contributed by atoms with E-state index in [2.05, 4.69) is 40.5 Å². The van der Waals surface area contributed by atoms with Crippen LogP contribution in [0.2, 0.25) is 0 Å². The summed E-state index contributed by atoms with van der Waals surface area (Å²) in [5, 5.41) is 17.2. The zero-order chi connectivity index (χ0) is 53.3. The number of nitrogens with zero attached hydrogens (tertiary/aromatic N) is 8. The molecule has 0 saturated carbocycles. The fourth-order valence-corrected chi connectivity index (χ4v) is 10.7. The molecule has 6 atom stereocenters. The Morgan fingerprint density at radius 3 is 2.04 bits per heavy atom. The van der Waals surface area contributed by atoms with E-state index >= 15 is 0 Å². The summed E-state index contributed by atoms with van der Waals surface area (Å²) in [5.74, 6) is -0.128. The highest BCUT2D eigenvalue weighted by Crippen LogP contribution is 2.45. The Morgan fingerprint density at radius 2 is 1.41 bits per heavy atom. The molecule has 2 fully saturated rings. The van der Waals surface area contributed by atoms with Gasteiger partial charge in [0.2, 0.25) is 11.9 Å². The van der Waals surface area contributed by atoms with Gasteiger partial charge >= 0.3 is 10.3 Å². The fourth-order valence-electron chi connectivity index (χ4n) is 9.60. The van der Waals surface area contributed by atoms with Crippen LogP contribution in [0.25, 0.3) is 22.3 Å². The van der Waals surface area contributed by atoms with Crippen molar-refractivity contribution in [3.8, 4) is 11.5 Å². The minimum absolute atomic E-state index is 0.0492. The number of aromatic nitrogens is 8. The van der Waals surface area contributed by atoms with E-state index in [0.29, 0.717) is 28.2 Å². The van der Waals surface area contributed by atoms with E-state index in [9.17, 15) is 27.9 Å². The first-order chi connectivity index (χ1) is 36.7. The van der Waals surface area contributed by atoms with E-state index in [1.807, 2.05) is 78.9 Å². The van der Waals surface area contributed by atoms with Crippen LogP contribution in [0.15, 0.2) is 133 Å². The Hall–Kier alpha value is -7.97. The molecule has 4 N–H and O–H groups in total. The van der Waals surface area contributed by atoms with Gasteiger partial charge in [-0.2, -0.15) is 13.4 Å². The van der Waals surface area contributed by atoms with Crippen molar-refractivity contribution in [1.82, 2.24) is 43.3 Å². The number of H-pyrrole nitrogens is 1. The molecule has 2 amide bonds. The first kappa shape index (κ1) is 51.5. The number of carbonyl (C=O) groups excluding carboxylic acids is 2. The number of ether oxygens (including phenoxy) is 5. The maximum absolute atomic E-state index is 14.7. The SMILES string of the molecule is COc1ccc(C(OC[C@H]2O[C@@H](n3cnc4c(NC(=O)c5ccccc5)ncnc43)C[C@@H]2N([C@@H]2C[C@@H](O)[C@H](n3cnc4c(=O)[nH]c(NC(=O)C(C)C)nc43)O2)S(=O)(=O)OC)(c2ccccc2)c2ccc(OC)cc2)cc1. The van der Waals surface area contributed by atoms with Crippen molar-refractivity contribution < 1.29 is 51.0 Å². The van der Waals surface area contributed by atoms with E-state index in [1.54, 1.807) is 63.0 Å². The summed E-state index contributed by atoms with van der Waals surface area (Å²) in [6.07, 6.45) is -2.78. The van der Waals surface area contributed by atoms with Crippen LogP contribution in [-0.2, 0) is 39.1 Å². The maximum Gasteiger partial charge on any atom is 0.340 e. The van der Waals surface area contributed by atoms with Gasteiger partial charge in [-0.1, -0.05) is 86.6 Å². The predicted octanol–water partition coefficient (Wildman–Crippen LogP) is 5.29. The first-order valence-corrected chi connectivity index (χ1v) is 25.5. The number of amides is 2. The summed E-state index contributed by atoms with van der Waals surface area (Å²) in [4.78, 5) is 63.8. The van der Waals surface area contributed by atoms with Crippen LogP contribution in [0, 0.1) is 5.92 Å². The Balaban J connectivity index is 1.06. The number of rotatable bonds is 18. The molecule has 24 heteroatoms. The molecule has 0 radical (unpaired) electrons. The highest BCUT2D eigenvalue weighted by molar-refractivity contribution is 7.84. The highest BCUT2D eigenvalue weighted by Gasteiger charge is 2.53. The molecule has 0 unspecified atom stereocenters. The van der Waals surface area contributed by atoms with Crippen LogP contribution >= 0.6 is 0 Å². The van der Waals surface area contributed by atoms with Gasteiger partial charge in [0.25, 0.3) is 11.5 Å². The van der Waals surface area contributed by atoms with Gasteiger partial charge in [-0.3, -0.25) is 38.0 Å². The van der Waals surface area contributed by atoms with Gasteiger partial charge in [0.15, 0.2) is 34.4 Å². The van der Waals surface area contributed by atoms with Gasteiger partial charge in [-0.25, -0.2) is 19.9 Å². The number of fused-ring (bicyclic) bond motifs is 2. The molecule has 4 aromatic carbocycles. The number of hydrogen-bond donors (Lipinski definition) is 4. The van der Waals surface area contributed by atoms with Gasteiger partial charge in [-0.05, 0) is 53.1 Å². The van der Waals surface area contributed by atoms with Crippen molar-refractivity contribution in [2.45, 2.75) is 69.2 Å². The zero-order valence-corrected chi connectivity index (χ0v) is 42.5. The van der Waals surface area contributed by atoms with Crippen LogP contribution in [-0.4, -0.2) is 121 Å². The molecule has 76 heavy (non-hydrogen) atoms. The molecular weight excluding hydrogens is 1000 g/mol. The quantitative estimate of drug-likeness (QED) is 0.0795. The Labute approximate surface area is 435 Å². The molecule has 10 rings (SSSR count). The van der Waals surface area contributed by atoms with E-state index in [4.69, 9.17) is 27.9 Å². The molecule has 23 nitrogen and oxygen atoms in total. The van der Waals surface area contributed by atoms with E-state index < -0.39 is 76.1 Å². The second-order valence-corrected chi connectivity index (χ2v) is 19.8. The third-order valence-electron chi connectivity index (χ3n) is 13.4. The maximum atomic E-state index is 14.7. The number of benzene rings is 4. The van der Waals surface area contributed by atoms with Crippen molar-refractivity contribution >= 4 is 56.2 Å². The Kier molecular flexibility index (Phi) is 14.5. The van der Waals surface area contributed by atoms with E-state index in [0.717, 1.165) is 17.0 Å². The molecule has 0 spiro atoms. The van der Waals surface area contributed by atoms with Crippen LogP contribution in [0.4, 0.5) is 11.8 Å². The largest absolute Gasteiger partial charge is 0.497 e. The molecule has 2 saturated heterocycles. The van der Waals surface area contributed by atoms with Crippen LogP contribution < -0.4 is 25.7 Å². The summed E-state index contributed by atoms with van der Waals surface area (Å²) in [7, 11) is -0.618. The number of nitrogens with one attached hydrogen (secondary N) is 3. The fraction of sp³-hybridized carbons (Fsp3) is 0.308. The smallest absolute Gasteiger partial charge is 0.340 e. The van der Waals surface area contributed by atoms with E-state index in [1.165, 1.54) is 23.5 Å². The first-order valence-electron chi connectivity index (χ1n) is 24.1. The van der Waals surface area contributed by atoms with Crippen molar-refractivity contribution in [2.24, 2.45) is 5.92 Å². The molecular formula is C52H53N11O12S. The lowest BCUT2D eigenvalue weighted by Gasteiger charge is -2.38. The lowest BCUT2D eigenvalue weighted by atomic mass is 9.80. The number of anilines is 2. The summed E-state index contributed by atoms with van der Waals surface area (Å²) in [6.45, 7) is 3.06. The van der Waals surface area contributed by atoms with Gasteiger partial charge in [0, 0.05) is 24.3 Å². The molecule has 4 aromatic heterocycles. The van der Waals surface area contributed by atoms with Gasteiger partial charge in [-0.15, -0.1) is 4.31 Å². The molecule has 394 valence electrons. The molecule has 6 heterocycles. The average Bonchev–Trinajstić information content (AvgIpc) is 4.27. The Morgan fingerprint density at radius 1 is 0.789 bits per heavy atom. The summed E-state index contributed by atoms with van der Waals surface area (Å²) in [5.41, 5.74) is 0.744. The number of methoxy groups -OCH3 is 2. The van der Waals surface area contributed by atoms with Crippen LogP contribution in [0.3, 0.4) is 0 Å². The van der Waals surface area contributed by atoms with Crippen LogP contribution in [0.1, 0.15) is 66.2 Å². The lowest BCUT2D eigenvalue weighted by Crippen LogP contribution is -2.52. The van der Waals surface area contributed by atoms with E-state index in [-0.39, 0.29) is 53.5 Å². The monoisotopic (exact) mass is 1060 g/mol. The number of imidazole rings is 2.